The molecule has 3 heterocycles. The molecule has 2 unspecified atom stereocenters. The highest BCUT2D eigenvalue weighted by atomic mass is 16.7. The Kier molecular flexibility index (Phi) is 5.65. The van der Waals surface area contributed by atoms with Gasteiger partial charge in [0, 0.05) is 24.2 Å². The second-order valence-corrected chi connectivity index (χ2v) is 13.7. The largest absolute Gasteiger partial charge is 0.394 e. The van der Waals surface area contributed by atoms with Crippen LogP contribution in [0, 0.1) is 22.7 Å². The van der Waals surface area contributed by atoms with Gasteiger partial charge >= 0.3 is 0 Å². The van der Waals surface area contributed by atoms with Crippen molar-refractivity contribution >= 4 is 0 Å². The summed E-state index contributed by atoms with van der Waals surface area (Å²) in [6, 6.07) is 0. The molecular formula is C26H42O13. The summed E-state index contributed by atoms with van der Waals surface area (Å²) in [6.45, 7) is 5.19. The molecule has 39 heavy (non-hydrogen) atoms. The van der Waals surface area contributed by atoms with Crippen LogP contribution >= 0.6 is 0 Å². The van der Waals surface area contributed by atoms with Gasteiger partial charge in [0.1, 0.15) is 41.2 Å². The molecule has 0 aromatic heterocycles. The number of rotatable bonds is 5. The van der Waals surface area contributed by atoms with Gasteiger partial charge in [-0.15, -0.1) is 0 Å². The van der Waals surface area contributed by atoms with Gasteiger partial charge in [0.15, 0.2) is 17.7 Å². The third kappa shape index (κ3) is 2.46. The Labute approximate surface area is 225 Å². The van der Waals surface area contributed by atoms with E-state index >= 15 is 0 Å². The molecule has 16 atom stereocenters. The zero-order valence-electron chi connectivity index (χ0n) is 22.6. The molecule has 7 rings (SSSR count). The molecule has 0 aromatic carbocycles. The van der Waals surface area contributed by atoms with Crippen LogP contribution in [0.5, 0.6) is 0 Å². The van der Waals surface area contributed by atoms with Crippen LogP contribution in [0.4, 0.5) is 0 Å². The van der Waals surface area contributed by atoms with Crippen LogP contribution in [0.3, 0.4) is 0 Å². The van der Waals surface area contributed by atoms with Crippen molar-refractivity contribution in [1.82, 2.24) is 0 Å². The van der Waals surface area contributed by atoms with Gasteiger partial charge < -0.3 is 65.3 Å². The van der Waals surface area contributed by atoms with E-state index in [2.05, 4.69) is 0 Å². The van der Waals surface area contributed by atoms with Crippen molar-refractivity contribution in [1.29, 1.82) is 0 Å². The van der Waals surface area contributed by atoms with Crippen LogP contribution < -0.4 is 0 Å². The maximum Gasteiger partial charge on any atom is 0.186 e. The molecule has 3 aliphatic heterocycles. The first-order chi connectivity index (χ1) is 17.8. The van der Waals surface area contributed by atoms with Crippen molar-refractivity contribution in [3.8, 4) is 0 Å². The van der Waals surface area contributed by atoms with Gasteiger partial charge in [-0.2, -0.15) is 0 Å². The Morgan fingerprint density at radius 2 is 1.56 bits per heavy atom. The minimum absolute atomic E-state index is 0.104. The van der Waals surface area contributed by atoms with E-state index in [4.69, 9.17) is 14.2 Å². The van der Waals surface area contributed by atoms with Crippen molar-refractivity contribution in [2.75, 3.05) is 13.2 Å². The van der Waals surface area contributed by atoms with E-state index < -0.39 is 106 Å². The summed E-state index contributed by atoms with van der Waals surface area (Å²) in [7, 11) is 0. The summed E-state index contributed by atoms with van der Waals surface area (Å²) in [4.78, 5) is 0. The molecule has 13 nitrogen and oxygen atoms in total. The van der Waals surface area contributed by atoms with E-state index in [-0.39, 0.29) is 19.4 Å². The molecule has 4 saturated carbocycles. The lowest BCUT2D eigenvalue weighted by molar-refractivity contribution is -0.390. The first kappa shape index (κ1) is 28.6. The molecule has 7 fully saturated rings. The lowest BCUT2D eigenvalue weighted by atomic mass is 9.52. The average molecular weight is 563 g/mol. The molecular weight excluding hydrogens is 520 g/mol. The normalized spacial score (nSPS) is 65.8. The van der Waals surface area contributed by atoms with Crippen LogP contribution in [0.1, 0.15) is 53.4 Å². The molecule has 6 bridgehead atoms. The van der Waals surface area contributed by atoms with Gasteiger partial charge in [-0.1, -0.05) is 20.8 Å². The molecule has 13 heteroatoms. The van der Waals surface area contributed by atoms with Crippen molar-refractivity contribution in [2.45, 2.75) is 124 Å². The van der Waals surface area contributed by atoms with Crippen molar-refractivity contribution < 1.29 is 65.3 Å². The predicted molar refractivity (Wildman–Crippen MR) is 127 cm³/mol. The average Bonchev–Trinajstić information content (AvgIpc) is 3.13. The highest BCUT2D eigenvalue weighted by molar-refractivity contribution is 5.54. The van der Waals surface area contributed by atoms with Crippen LogP contribution in [0.2, 0.25) is 0 Å². The molecule has 224 valence electrons. The molecule has 4 aliphatic carbocycles. The fourth-order valence-electron chi connectivity index (χ4n) is 10.1. The molecule has 10 N–H and O–H groups in total. The van der Waals surface area contributed by atoms with Crippen LogP contribution in [0.25, 0.3) is 0 Å². The first-order valence-corrected chi connectivity index (χ1v) is 13.8. The maximum atomic E-state index is 12.7. The van der Waals surface area contributed by atoms with E-state index in [0.29, 0.717) is 6.42 Å². The molecule has 7 aliphatic rings. The smallest absolute Gasteiger partial charge is 0.186 e. The first-order valence-electron chi connectivity index (χ1n) is 13.8. The Morgan fingerprint density at radius 1 is 0.923 bits per heavy atom. The SMILES string of the molecule is CC(CO[C@@H]1O[C@H](CO)[C@@H](O)[C@H](O)[C@H]1O)[C@@]1(O)C[C@@]2(O)[C@@]3(C)CC4(O)O[C@@]5([C@H](O)[C@@H](C)CC[C@]35O)[C@@]2(O)[C@]41C. The van der Waals surface area contributed by atoms with E-state index in [1.807, 2.05) is 0 Å². The Bertz CT molecular complexity index is 1060. The Balaban J connectivity index is 1.39. The minimum Gasteiger partial charge on any atom is -0.394 e. The molecule has 0 amide bonds. The van der Waals surface area contributed by atoms with Crippen molar-refractivity contribution in [3.63, 3.8) is 0 Å². The Morgan fingerprint density at radius 3 is 2.18 bits per heavy atom. The molecule has 0 aromatic rings. The van der Waals surface area contributed by atoms with Crippen LogP contribution in [-0.4, -0.2) is 135 Å². The van der Waals surface area contributed by atoms with Gasteiger partial charge in [-0.25, -0.2) is 0 Å². The quantitative estimate of drug-likeness (QED) is 0.157. The lowest BCUT2D eigenvalue weighted by Crippen LogP contribution is -2.75. The van der Waals surface area contributed by atoms with E-state index in [9.17, 15) is 51.1 Å². The second-order valence-electron chi connectivity index (χ2n) is 13.7. The number of aliphatic hydroxyl groups is 10. The number of hydrogen-bond acceptors (Lipinski definition) is 13. The monoisotopic (exact) mass is 562 g/mol. The molecule has 1 spiro atoms. The number of hydrogen-bond donors (Lipinski definition) is 10. The van der Waals surface area contributed by atoms with Gasteiger partial charge in [-0.3, -0.25) is 0 Å². The topological polar surface area (TPSA) is 230 Å². The summed E-state index contributed by atoms with van der Waals surface area (Å²) >= 11 is 0. The third-order valence-corrected chi connectivity index (χ3v) is 12.5. The fourth-order valence-corrected chi connectivity index (χ4v) is 10.1. The third-order valence-electron chi connectivity index (χ3n) is 12.5. The maximum absolute atomic E-state index is 12.7. The predicted octanol–water partition coefficient (Wildman–Crippen LogP) is -3.55. The Hall–Kier alpha value is -0.520. The number of ether oxygens (including phenoxy) is 3. The zero-order chi connectivity index (χ0) is 29.0. The highest BCUT2D eigenvalue weighted by Gasteiger charge is 3.07. The second kappa shape index (κ2) is 7.70. The van der Waals surface area contributed by atoms with E-state index in [1.165, 1.54) is 6.92 Å². The van der Waals surface area contributed by atoms with Gasteiger partial charge in [0.2, 0.25) is 0 Å². The van der Waals surface area contributed by atoms with Crippen LogP contribution in [-0.2, 0) is 14.2 Å². The van der Waals surface area contributed by atoms with Crippen molar-refractivity contribution in [3.05, 3.63) is 0 Å². The van der Waals surface area contributed by atoms with Gasteiger partial charge in [0.25, 0.3) is 0 Å². The van der Waals surface area contributed by atoms with Crippen molar-refractivity contribution in [2.24, 2.45) is 22.7 Å². The minimum atomic E-state index is -2.48. The standard InChI is InChI=1S/C26H42O13/c1-11-5-6-22(33)19(3)9-24(35)20(4)21(32,10-23(19,34)26(20,36)25(22,39-24)17(11)31)12(2)8-37-18-16(30)15(29)14(28)13(7-27)38-18/h11-18,27-36H,5-10H2,1-4H3/t11-,12?,13+,14+,15-,16+,17+,18+,19-,20-,21-,22-,23+,24?,25+,26+/m0/s1. The summed E-state index contributed by atoms with van der Waals surface area (Å²) in [6.07, 6.45) is -9.40. The van der Waals surface area contributed by atoms with Crippen LogP contribution in [0.15, 0.2) is 0 Å². The van der Waals surface area contributed by atoms with Gasteiger partial charge in [0.05, 0.1) is 30.3 Å². The summed E-state index contributed by atoms with van der Waals surface area (Å²) in [5.41, 5.74) is -14.5. The molecule has 3 saturated heterocycles. The molecule has 0 radical (unpaired) electrons. The number of aliphatic hydroxyl groups excluding tert-OH is 5. The summed E-state index contributed by atoms with van der Waals surface area (Å²) in [5, 5.41) is 113. The summed E-state index contributed by atoms with van der Waals surface area (Å²) in [5.74, 6) is -3.69. The lowest BCUT2D eigenvalue weighted by Gasteiger charge is -2.60. The van der Waals surface area contributed by atoms with Gasteiger partial charge in [-0.05, 0) is 25.7 Å². The van der Waals surface area contributed by atoms with E-state index in [1.54, 1.807) is 20.8 Å². The highest BCUT2D eigenvalue weighted by Crippen LogP contribution is 2.90. The fraction of sp³-hybridized carbons (Fsp3) is 1.00. The van der Waals surface area contributed by atoms with E-state index in [0.717, 1.165) is 0 Å². The zero-order valence-corrected chi connectivity index (χ0v) is 22.6. The summed E-state index contributed by atoms with van der Waals surface area (Å²) < 4.78 is 17.3.